The largest absolute Gasteiger partial charge is 0.495 e. The Morgan fingerprint density at radius 2 is 2.00 bits per heavy atom. The number of benzene rings is 1. The molecule has 10 heteroatoms. The van der Waals surface area contributed by atoms with Gasteiger partial charge in [0.25, 0.3) is 0 Å². The van der Waals surface area contributed by atoms with Gasteiger partial charge < -0.3 is 10.1 Å². The van der Waals surface area contributed by atoms with Crippen molar-refractivity contribution in [1.29, 1.82) is 0 Å². The van der Waals surface area contributed by atoms with Gasteiger partial charge in [0.05, 0.1) is 12.8 Å². The molecule has 162 valence electrons. The highest BCUT2D eigenvalue weighted by Crippen LogP contribution is 2.37. The fourth-order valence-electron chi connectivity index (χ4n) is 3.28. The lowest BCUT2D eigenvalue weighted by atomic mass is 10.0. The quantitative estimate of drug-likeness (QED) is 0.691. The van der Waals surface area contributed by atoms with Gasteiger partial charge in [-0.2, -0.15) is 9.78 Å². The number of hydrogen-bond donors (Lipinski definition) is 2. The highest BCUT2D eigenvalue weighted by molar-refractivity contribution is 7.89. The van der Waals surface area contributed by atoms with Crippen LogP contribution in [0.4, 0.5) is 5.82 Å². The zero-order chi connectivity index (χ0) is 22.1. The van der Waals surface area contributed by atoms with Gasteiger partial charge in [0, 0.05) is 24.4 Å². The number of methoxy groups -OCH3 is 1. The number of carbonyl (C=O) groups excluding carboxylic acids is 2. The molecule has 1 aliphatic rings. The van der Waals surface area contributed by atoms with Crippen molar-refractivity contribution in [1.82, 2.24) is 14.5 Å². The number of aryl methyl sites for hydroxylation is 1. The molecule has 1 aliphatic heterocycles. The van der Waals surface area contributed by atoms with E-state index in [4.69, 9.17) is 4.74 Å². The standard InChI is InChI=1S/C20H26N4O5S/c1-5-12(3)23-30(27,28)16-11-13(7-8-15(16)29-4)19-14(6-2)22-24-18(26)10-9-17(25)21-20(19)24/h7-8,11-12,23H,5-6,9-10H2,1-4H3,(H,21,25). The molecule has 2 heterocycles. The van der Waals surface area contributed by atoms with Crippen molar-refractivity contribution in [3.8, 4) is 16.9 Å². The van der Waals surface area contributed by atoms with Gasteiger partial charge in [-0.3, -0.25) is 9.59 Å². The van der Waals surface area contributed by atoms with E-state index in [0.717, 1.165) is 0 Å². The molecule has 9 nitrogen and oxygen atoms in total. The predicted octanol–water partition coefficient (Wildman–Crippen LogP) is 2.57. The summed E-state index contributed by atoms with van der Waals surface area (Å²) in [6.45, 7) is 5.54. The maximum Gasteiger partial charge on any atom is 0.249 e. The number of ether oxygens (including phenoxy) is 1. The minimum absolute atomic E-state index is 0.0175. The Labute approximate surface area is 175 Å². The number of nitrogens with zero attached hydrogens (tertiary/aromatic N) is 2. The number of rotatable bonds is 7. The highest BCUT2D eigenvalue weighted by atomic mass is 32.2. The lowest BCUT2D eigenvalue weighted by Crippen LogP contribution is -2.32. The minimum Gasteiger partial charge on any atom is -0.495 e. The van der Waals surface area contributed by atoms with Gasteiger partial charge in [0.2, 0.25) is 21.8 Å². The molecule has 1 atom stereocenters. The summed E-state index contributed by atoms with van der Waals surface area (Å²) in [6, 6.07) is 4.49. The van der Waals surface area contributed by atoms with Crippen LogP contribution >= 0.6 is 0 Å². The normalized spacial score (nSPS) is 15.3. The summed E-state index contributed by atoms with van der Waals surface area (Å²) < 4.78 is 35.1. The molecular weight excluding hydrogens is 408 g/mol. The van der Waals surface area contributed by atoms with Crippen LogP contribution in [0, 0.1) is 0 Å². The molecule has 0 spiro atoms. The first-order valence-corrected chi connectivity index (χ1v) is 11.4. The second-order valence-corrected chi connectivity index (χ2v) is 8.86. The van der Waals surface area contributed by atoms with Crippen molar-refractivity contribution in [2.45, 2.75) is 57.4 Å². The van der Waals surface area contributed by atoms with E-state index in [1.807, 2.05) is 13.8 Å². The summed E-state index contributed by atoms with van der Waals surface area (Å²) in [4.78, 5) is 24.5. The highest BCUT2D eigenvalue weighted by Gasteiger charge is 2.29. The molecule has 30 heavy (non-hydrogen) atoms. The van der Waals surface area contributed by atoms with Gasteiger partial charge in [0.1, 0.15) is 16.5 Å². The summed E-state index contributed by atoms with van der Waals surface area (Å²) in [5.74, 6) is -0.108. The van der Waals surface area contributed by atoms with Crippen LogP contribution in [0.1, 0.15) is 50.5 Å². The molecule has 2 N–H and O–H groups in total. The van der Waals surface area contributed by atoms with Crippen molar-refractivity contribution in [3.63, 3.8) is 0 Å². The smallest absolute Gasteiger partial charge is 0.249 e. The summed E-state index contributed by atoms with van der Waals surface area (Å²) >= 11 is 0. The third kappa shape index (κ3) is 4.10. The molecule has 1 unspecified atom stereocenters. The van der Waals surface area contributed by atoms with Crippen LogP contribution in [0.2, 0.25) is 0 Å². The number of aromatic nitrogens is 2. The first kappa shape index (κ1) is 22.0. The Balaban J connectivity index is 2.20. The molecule has 0 bridgehead atoms. The van der Waals surface area contributed by atoms with Crippen LogP contribution in [-0.4, -0.2) is 43.2 Å². The summed E-state index contributed by atoms with van der Waals surface area (Å²) in [7, 11) is -2.45. The predicted molar refractivity (Wildman–Crippen MR) is 112 cm³/mol. The third-order valence-electron chi connectivity index (χ3n) is 5.06. The van der Waals surface area contributed by atoms with E-state index >= 15 is 0 Å². The number of carbonyl (C=O) groups is 2. The van der Waals surface area contributed by atoms with Crippen LogP contribution in [0.3, 0.4) is 0 Å². The second kappa shape index (κ2) is 8.57. The zero-order valence-corrected chi connectivity index (χ0v) is 18.3. The second-order valence-electron chi connectivity index (χ2n) is 7.17. The number of amides is 1. The van der Waals surface area contributed by atoms with Crippen molar-refractivity contribution < 1.29 is 22.7 Å². The van der Waals surface area contributed by atoms with Gasteiger partial charge in [-0.05, 0) is 37.5 Å². The summed E-state index contributed by atoms with van der Waals surface area (Å²) in [5.41, 5.74) is 1.64. The monoisotopic (exact) mass is 434 g/mol. The molecule has 1 aromatic heterocycles. The molecule has 0 fully saturated rings. The SMILES string of the molecule is CCc1nn2c(c1-c1ccc(OC)c(S(=O)(=O)NC(C)CC)c1)NC(=O)CCC2=O. The molecule has 2 aromatic rings. The van der Waals surface area contributed by atoms with E-state index < -0.39 is 10.0 Å². The topological polar surface area (TPSA) is 119 Å². The number of fused-ring (bicyclic) bond motifs is 1. The maximum absolute atomic E-state index is 13.0. The number of sulfonamides is 1. The molecule has 0 saturated heterocycles. The van der Waals surface area contributed by atoms with E-state index in [1.165, 1.54) is 17.9 Å². The van der Waals surface area contributed by atoms with Crippen LogP contribution < -0.4 is 14.8 Å². The van der Waals surface area contributed by atoms with Crippen LogP contribution in [0.5, 0.6) is 5.75 Å². The molecular formula is C20H26N4O5S. The molecule has 3 rings (SSSR count). The van der Waals surface area contributed by atoms with Crippen LogP contribution in [-0.2, 0) is 21.2 Å². The van der Waals surface area contributed by atoms with Crippen molar-refractivity contribution in [2.24, 2.45) is 0 Å². The lowest BCUT2D eigenvalue weighted by Gasteiger charge is -2.16. The minimum atomic E-state index is -3.85. The average Bonchev–Trinajstić information content (AvgIpc) is 3.02. The van der Waals surface area contributed by atoms with Crippen molar-refractivity contribution in [3.05, 3.63) is 23.9 Å². The lowest BCUT2D eigenvalue weighted by molar-refractivity contribution is -0.116. The van der Waals surface area contributed by atoms with Gasteiger partial charge in [-0.15, -0.1) is 0 Å². The van der Waals surface area contributed by atoms with E-state index in [-0.39, 0.29) is 47.2 Å². The first-order valence-electron chi connectivity index (χ1n) is 9.87. The Morgan fingerprint density at radius 1 is 1.27 bits per heavy atom. The molecule has 1 aromatic carbocycles. The average molecular weight is 435 g/mol. The number of anilines is 1. The molecule has 0 saturated carbocycles. The van der Waals surface area contributed by atoms with E-state index in [0.29, 0.717) is 29.7 Å². The fraction of sp³-hybridized carbons (Fsp3) is 0.450. The van der Waals surface area contributed by atoms with Gasteiger partial charge in [-0.1, -0.05) is 19.9 Å². The van der Waals surface area contributed by atoms with E-state index in [1.54, 1.807) is 19.1 Å². The van der Waals surface area contributed by atoms with Gasteiger partial charge >= 0.3 is 0 Å². The fourth-order valence-corrected chi connectivity index (χ4v) is 4.81. The van der Waals surface area contributed by atoms with Gasteiger partial charge in [0.15, 0.2) is 0 Å². The van der Waals surface area contributed by atoms with Gasteiger partial charge in [-0.25, -0.2) is 13.1 Å². The zero-order valence-electron chi connectivity index (χ0n) is 17.5. The molecule has 0 radical (unpaired) electrons. The number of hydrogen-bond acceptors (Lipinski definition) is 6. The van der Waals surface area contributed by atoms with Crippen LogP contribution in [0.25, 0.3) is 11.1 Å². The van der Waals surface area contributed by atoms with Crippen molar-refractivity contribution >= 4 is 27.7 Å². The summed E-state index contributed by atoms with van der Waals surface area (Å²) in [6.07, 6.45) is 1.26. The summed E-state index contributed by atoms with van der Waals surface area (Å²) in [5, 5.41) is 7.12. The Hall–Kier alpha value is -2.72. The van der Waals surface area contributed by atoms with E-state index in [9.17, 15) is 18.0 Å². The van der Waals surface area contributed by atoms with E-state index in [2.05, 4.69) is 15.1 Å². The van der Waals surface area contributed by atoms with Crippen molar-refractivity contribution in [2.75, 3.05) is 12.4 Å². The molecule has 1 amide bonds. The number of nitrogens with one attached hydrogen (secondary N) is 2. The first-order chi connectivity index (χ1) is 14.2. The Bertz CT molecular complexity index is 1090. The Morgan fingerprint density at radius 3 is 2.63 bits per heavy atom. The maximum atomic E-state index is 13.0. The van der Waals surface area contributed by atoms with Crippen LogP contribution in [0.15, 0.2) is 23.1 Å². The third-order valence-corrected chi connectivity index (χ3v) is 6.67. The Kier molecular flexibility index (Phi) is 6.27. The molecule has 0 aliphatic carbocycles.